The third-order valence-electron chi connectivity index (χ3n) is 3.20. The first-order valence-electron chi connectivity index (χ1n) is 7.05. The van der Waals surface area contributed by atoms with Crippen molar-refractivity contribution < 1.29 is 19.0 Å². The van der Waals surface area contributed by atoms with Crippen LogP contribution >= 0.6 is 0 Å². The highest BCUT2D eigenvalue weighted by Gasteiger charge is 2.15. The molecule has 0 radical (unpaired) electrons. The molecule has 0 aliphatic rings. The topological polar surface area (TPSA) is 119 Å². The minimum absolute atomic E-state index is 0.0400. The van der Waals surface area contributed by atoms with Crippen molar-refractivity contribution in [1.29, 1.82) is 0 Å². The van der Waals surface area contributed by atoms with E-state index in [0.717, 1.165) is 0 Å². The van der Waals surface area contributed by atoms with Gasteiger partial charge in [-0.15, -0.1) is 0 Å². The van der Waals surface area contributed by atoms with Crippen molar-refractivity contribution in [2.75, 3.05) is 18.9 Å². The molecule has 2 amide bonds. The molecular formula is C15H16N4O5. The van der Waals surface area contributed by atoms with Gasteiger partial charge in [0.25, 0.3) is 5.69 Å². The zero-order chi connectivity index (χ0) is 17.7. The predicted octanol–water partition coefficient (Wildman–Crippen LogP) is 1.53. The zero-order valence-electron chi connectivity index (χ0n) is 13.2. The lowest BCUT2D eigenvalue weighted by atomic mass is 10.1. The van der Waals surface area contributed by atoms with E-state index in [2.05, 4.69) is 10.5 Å². The lowest BCUT2D eigenvalue weighted by molar-refractivity contribution is -0.384. The highest BCUT2D eigenvalue weighted by Crippen LogP contribution is 2.13. The summed E-state index contributed by atoms with van der Waals surface area (Å²) in [5, 5.41) is 16.7. The Morgan fingerprint density at radius 2 is 2.00 bits per heavy atom. The van der Waals surface area contributed by atoms with Crippen LogP contribution in [0.15, 0.2) is 34.9 Å². The molecule has 0 aliphatic carbocycles. The van der Waals surface area contributed by atoms with Gasteiger partial charge in [-0.3, -0.25) is 19.7 Å². The van der Waals surface area contributed by atoms with E-state index in [0.29, 0.717) is 11.3 Å². The highest BCUT2D eigenvalue weighted by molar-refractivity contribution is 5.94. The lowest BCUT2D eigenvalue weighted by Gasteiger charge is -2.16. The Morgan fingerprint density at radius 3 is 2.54 bits per heavy atom. The first kappa shape index (κ1) is 17.1. The van der Waals surface area contributed by atoms with E-state index in [4.69, 9.17) is 4.52 Å². The molecule has 24 heavy (non-hydrogen) atoms. The van der Waals surface area contributed by atoms with Gasteiger partial charge in [0.15, 0.2) is 5.82 Å². The van der Waals surface area contributed by atoms with E-state index in [9.17, 15) is 19.7 Å². The summed E-state index contributed by atoms with van der Waals surface area (Å²) in [5.74, 6) is 0.166. The highest BCUT2D eigenvalue weighted by atomic mass is 16.6. The minimum Gasteiger partial charge on any atom is -0.360 e. The minimum atomic E-state index is -0.506. The first-order chi connectivity index (χ1) is 11.3. The fourth-order valence-corrected chi connectivity index (χ4v) is 1.96. The predicted molar refractivity (Wildman–Crippen MR) is 84.3 cm³/mol. The number of aromatic nitrogens is 1. The van der Waals surface area contributed by atoms with Gasteiger partial charge in [0.2, 0.25) is 11.8 Å². The molecule has 1 aromatic carbocycles. The van der Waals surface area contributed by atoms with E-state index in [-0.39, 0.29) is 30.4 Å². The maximum absolute atomic E-state index is 12.1. The summed E-state index contributed by atoms with van der Waals surface area (Å²) in [6, 6.07) is 7.27. The molecule has 0 spiro atoms. The molecule has 0 unspecified atom stereocenters. The normalized spacial score (nSPS) is 10.2. The van der Waals surface area contributed by atoms with Gasteiger partial charge in [0.1, 0.15) is 5.76 Å². The standard InChI is InChI=1S/C15H16N4O5/c1-10-7-13(17-24-10)16-14(20)9-18(2)15(21)8-11-3-5-12(6-4-11)19(22)23/h3-7H,8-9H2,1-2H3,(H,16,17,20). The van der Waals surface area contributed by atoms with Crippen LogP contribution in [-0.2, 0) is 16.0 Å². The number of anilines is 1. The van der Waals surface area contributed by atoms with Crippen LogP contribution in [0.5, 0.6) is 0 Å². The van der Waals surface area contributed by atoms with Gasteiger partial charge < -0.3 is 14.7 Å². The third kappa shape index (κ3) is 4.63. The molecule has 9 nitrogen and oxygen atoms in total. The molecule has 2 aromatic rings. The number of nitrogens with one attached hydrogen (secondary N) is 1. The molecule has 126 valence electrons. The average molecular weight is 332 g/mol. The average Bonchev–Trinajstić information content (AvgIpc) is 2.92. The molecule has 0 saturated heterocycles. The third-order valence-corrected chi connectivity index (χ3v) is 3.20. The number of hydrogen-bond acceptors (Lipinski definition) is 6. The molecule has 2 rings (SSSR count). The van der Waals surface area contributed by atoms with Gasteiger partial charge in [-0.25, -0.2) is 0 Å². The monoisotopic (exact) mass is 332 g/mol. The van der Waals surface area contributed by atoms with Gasteiger partial charge >= 0.3 is 0 Å². The van der Waals surface area contributed by atoms with Gasteiger partial charge in [-0.1, -0.05) is 17.3 Å². The Bertz CT molecular complexity index is 753. The zero-order valence-corrected chi connectivity index (χ0v) is 13.2. The second kappa shape index (κ2) is 7.36. The molecule has 0 aliphatic heterocycles. The maximum Gasteiger partial charge on any atom is 0.269 e. The van der Waals surface area contributed by atoms with E-state index < -0.39 is 10.8 Å². The van der Waals surface area contributed by atoms with Crippen LogP contribution < -0.4 is 5.32 Å². The summed E-state index contributed by atoms with van der Waals surface area (Å²) < 4.78 is 4.83. The number of aryl methyl sites for hydroxylation is 1. The van der Waals surface area contributed by atoms with Crippen LogP contribution in [0.3, 0.4) is 0 Å². The van der Waals surface area contributed by atoms with Crippen molar-refractivity contribution in [3.8, 4) is 0 Å². The van der Waals surface area contributed by atoms with Crippen LogP contribution in [0.2, 0.25) is 0 Å². The van der Waals surface area contributed by atoms with E-state index in [1.807, 2.05) is 0 Å². The number of nitro groups is 1. The molecule has 1 N–H and O–H groups in total. The first-order valence-corrected chi connectivity index (χ1v) is 7.05. The Morgan fingerprint density at radius 1 is 1.33 bits per heavy atom. The molecule has 0 atom stereocenters. The van der Waals surface area contributed by atoms with E-state index in [1.165, 1.54) is 36.2 Å². The number of amides is 2. The largest absolute Gasteiger partial charge is 0.360 e. The van der Waals surface area contributed by atoms with Gasteiger partial charge in [-0.05, 0) is 12.5 Å². The molecule has 1 heterocycles. The molecule has 0 fully saturated rings. The summed E-state index contributed by atoms with van der Waals surface area (Å²) in [4.78, 5) is 35.3. The second-order valence-electron chi connectivity index (χ2n) is 5.22. The maximum atomic E-state index is 12.1. The fourth-order valence-electron chi connectivity index (χ4n) is 1.96. The smallest absolute Gasteiger partial charge is 0.269 e. The Hall–Kier alpha value is -3.23. The summed E-state index contributed by atoms with van der Waals surface area (Å²) in [6.07, 6.45) is 0.0465. The number of rotatable bonds is 6. The Labute approximate surface area is 137 Å². The number of benzene rings is 1. The summed E-state index contributed by atoms with van der Waals surface area (Å²) >= 11 is 0. The fraction of sp³-hybridized carbons (Fsp3) is 0.267. The van der Waals surface area contributed by atoms with Crippen molar-refractivity contribution in [2.45, 2.75) is 13.3 Å². The second-order valence-corrected chi connectivity index (χ2v) is 5.22. The van der Waals surface area contributed by atoms with Crippen LogP contribution in [0.4, 0.5) is 11.5 Å². The van der Waals surface area contributed by atoms with Crippen LogP contribution in [0, 0.1) is 17.0 Å². The van der Waals surface area contributed by atoms with E-state index >= 15 is 0 Å². The number of likely N-dealkylation sites (N-methyl/N-ethyl adjacent to an activating group) is 1. The molecule has 9 heteroatoms. The SMILES string of the molecule is Cc1cc(NC(=O)CN(C)C(=O)Cc2ccc([N+](=O)[O-])cc2)no1. The van der Waals surface area contributed by atoms with Crippen molar-refractivity contribution in [2.24, 2.45) is 0 Å². The summed E-state index contributed by atoms with van der Waals surface area (Å²) in [5.41, 5.74) is 0.590. The number of nitro benzene ring substituents is 1. The summed E-state index contributed by atoms with van der Waals surface area (Å²) in [6.45, 7) is 1.56. The number of nitrogens with zero attached hydrogens (tertiary/aromatic N) is 3. The molecular weight excluding hydrogens is 316 g/mol. The lowest BCUT2D eigenvalue weighted by Crippen LogP contribution is -2.35. The van der Waals surface area contributed by atoms with Crippen molar-refractivity contribution in [1.82, 2.24) is 10.1 Å². The van der Waals surface area contributed by atoms with Crippen LogP contribution in [0.25, 0.3) is 0 Å². The van der Waals surface area contributed by atoms with Gasteiger partial charge in [0, 0.05) is 25.2 Å². The number of carbonyl (C=O) groups excluding carboxylic acids is 2. The number of non-ortho nitro benzene ring substituents is 1. The number of carbonyl (C=O) groups is 2. The van der Waals surface area contributed by atoms with Gasteiger partial charge in [-0.2, -0.15) is 0 Å². The molecule has 1 aromatic heterocycles. The van der Waals surface area contributed by atoms with Crippen molar-refractivity contribution in [3.63, 3.8) is 0 Å². The number of hydrogen-bond donors (Lipinski definition) is 1. The Kier molecular flexibility index (Phi) is 5.25. The van der Waals surface area contributed by atoms with Crippen molar-refractivity contribution in [3.05, 3.63) is 51.8 Å². The molecule has 0 saturated carbocycles. The van der Waals surface area contributed by atoms with Crippen LogP contribution in [0.1, 0.15) is 11.3 Å². The van der Waals surface area contributed by atoms with Gasteiger partial charge in [0.05, 0.1) is 17.9 Å². The molecule has 0 bridgehead atoms. The quantitative estimate of drug-likeness (QED) is 0.633. The van der Waals surface area contributed by atoms with Crippen molar-refractivity contribution >= 4 is 23.3 Å². The summed E-state index contributed by atoms with van der Waals surface area (Å²) in [7, 11) is 1.50. The van der Waals surface area contributed by atoms with Crippen LogP contribution in [-0.4, -0.2) is 40.4 Å². The Balaban J connectivity index is 1.87. The van der Waals surface area contributed by atoms with E-state index in [1.54, 1.807) is 13.0 Å².